The van der Waals surface area contributed by atoms with Gasteiger partial charge in [0.1, 0.15) is 11.4 Å². The highest BCUT2D eigenvalue weighted by Crippen LogP contribution is 2.23. The summed E-state index contributed by atoms with van der Waals surface area (Å²) in [5.41, 5.74) is -0.0136. The molecule has 1 aromatic carbocycles. The van der Waals surface area contributed by atoms with Gasteiger partial charge in [-0.1, -0.05) is 18.2 Å². The zero-order valence-electron chi connectivity index (χ0n) is 16.6. The van der Waals surface area contributed by atoms with E-state index in [-0.39, 0.29) is 18.8 Å². The van der Waals surface area contributed by atoms with Crippen molar-refractivity contribution in [2.24, 2.45) is 12.0 Å². The normalized spacial score (nSPS) is 14.4. The average Bonchev–Trinajstić information content (AvgIpc) is 3.10. The third kappa shape index (κ3) is 7.30. The first-order valence-corrected chi connectivity index (χ1v) is 9.12. The maximum absolute atomic E-state index is 12.4. The van der Waals surface area contributed by atoms with Gasteiger partial charge in [0.15, 0.2) is 12.6 Å². The van der Waals surface area contributed by atoms with Gasteiger partial charge in [-0.3, -0.25) is 4.68 Å². The lowest BCUT2D eigenvalue weighted by atomic mass is 10.00. The molecule has 7 nitrogen and oxygen atoms in total. The van der Waals surface area contributed by atoms with Crippen molar-refractivity contribution < 1.29 is 23.0 Å². The van der Waals surface area contributed by atoms with Crippen LogP contribution in [-0.4, -0.2) is 46.7 Å². The Labute approximate surface area is 167 Å². The second-order valence-electron chi connectivity index (χ2n) is 6.74. The van der Waals surface area contributed by atoms with Crippen molar-refractivity contribution >= 4 is 5.96 Å². The number of hydrogen-bond acceptors (Lipinski definition) is 4. The molecule has 0 radical (unpaired) electrons. The molecule has 3 N–H and O–H groups in total. The van der Waals surface area contributed by atoms with Gasteiger partial charge in [-0.15, -0.1) is 0 Å². The summed E-state index contributed by atoms with van der Waals surface area (Å²) in [6.45, 7) is 3.03. The molecule has 0 spiro atoms. The summed E-state index contributed by atoms with van der Waals surface area (Å²) in [7, 11) is 1.76. The molecule has 1 aromatic heterocycles. The van der Waals surface area contributed by atoms with E-state index in [1.807, 2.05) is 6.92 Å². The van der Waals surface area contributed by atoms with Crippen molar-refractivity contribution in [2.45, 2.75) is 32.2 Å². The highest BCUT2D eigenvalue weighted by atomic mass is 19.4. The number of para-hydroxylation sites is 1. The second-order valence-corrected chi connectivity index (χ2v) is 6.74. The Hall–Kier alpha value is -2.75. The van der Waals surface area contributed by atoms with Gasteiger partial charge in [0.25, 0.3) is 0 Å². The van der Waals surface area contributed by atoms with E-state index in [1.165, 1.54) is 6.07 Å². The van der Waals surface area contributed by atoms with Gasteiger partial charge < -0.3 is 20.5 Å². The van der Waals surface area contributed by atoms with Gasteiger partial charge in [0.05, 0.1) is 19.3 Å². The van der Waals surface area contributed by atoms with Crippen molar-refractivity contribution in [3.05, 3.63) is 47.8 Å². The predicted octanol–water partition coefficient (Wildman–Crippen LogP) is 2.32. The first-order valence-electron chi connectivity index (χ1n) is 9.12. The van der Waals surface area contributed by atoms with Crippen LogP contribution in [0.25, 0.3) is 0 Å². The van der Waals surface area contributed by atoms with Gasteiger partial charge in [-0.2, -0.15) is 18.3 Å². The fourth-order valence-electron chi connectivity index (χ4n) is 2.50. The van der Waals surface area contributed by atoms with Crippen LogP contribution in [0.5, 0.6) is 5.75 Å². The standard InChI is InChI=1S/C19H26F3N5O2/c1-4-23-17(25-12-18(2,28)15-10-26-27(3)11-15)24-9-14-7-5-6-8-16(14)29-13-19(20,21)22/h5-8,10-11,28H,4,9,12-13H2,1-3H3,(H2,23,24,25). The number of nitrogens with one attached hydrogen (secondary N) is 2. The Morgan fingerprint density at radius 3 is 2.62 bits per heavy atom. The van der Waals surface area contributed by atoms with E-state index in [0.717, 1.165) is 0 Å². The Kier molecular flexibility index (Phi) is 7.49. The van der Waals surface area contributed by atoms with E-state index in [0.29, 0.717) is 23.6 Å². The summed E-state index contributed by atoms with van der Waals surface area (Å²) in [5.74, 6) is 0.550. The zero-order valence-corrected chi connectivity index (χ0v) is 16.6. The third-order valence-corrected chi connectivity index (χ3v) is 4.04. The largest absolute Gasteiger partial charge is 0.484 e. The first-order chi connectivity index (χ1) is 13.6. The number of benzene rings is 1. The molecule has 0 aliphatic rings. The highest BCUT2D eigenvalue weighted by molar-refractivity contribution is 5.79. The van der Waals surface area contributed by atoms with Gasteiger partial charge in [0, 0.05) is 30.9 Å². The summed E-state index contributed by atoms with van der Waals surface area (Å²) < 4.78 is 43.8. The number of aliphatic hydroxyl groups is 1. The molecule has 0 aliphatic carbocycles. The van der Waals surface area contributed by atoms with Crippen LogP contribution in [-0.2, 0) is 19.2 Å². The molecule has 0 saturated carbocycles. The summed E-state index contributed by atoms with van der Waals surface area (Å²) in [6.07, 6.45) is -1.11. The fraction of sp³-hybridized carbons (Fsp3) is 0.474. The van der Waals surface area contributed by atoms with E-state index < -0.39 is 18.4 Å². The van der Waals surface area contributed by atoms with Crippen LogP contribution in [0.1, 0.15) is 25.0 Å². The number of ether oxygens (including phenoxy) is 1. The zero-order chi connectivity index (χ0) is 21.5. The smallest absolute Gasteiger partial charge is 0.422 e. The summed E-state index contributed by atoms with van der Waals surface area (Å²) >= 11 is 0. The molecule has 0 aliphatic heterocycles. The van der Waals surface area contributed by atoms with E-state index in [2.05, 4.69) is 20.7 Å². The Balaban J connectivity index is 2.05. The molecule has 0 saturated heterocycles. The molecule has 1 unspecified atom stereocenters. The number of aryl methyl sites for hydroxylation is 1. The minimum absolute atomic E-state index is 0.110. The molecular formula is C19H26F3N5O2. The molecule has 0 amide bonds. The molecule has 2 rings (SSSR count). The first kappa shape index (κ1) is 22.5. The van der Waals surface area contributed by atoms with Crippen LogP contribution in [0.3, 0.4) is 0 Å². The second kappa shape index (κ2) is 9.64. The molecule has 29 heavy (non-hydrogen) atoms. The third-order valence-electron chi connectivity index (χ3n) is 4.04. The van der Waals surface area contributed by atoms with E-state index in [1.54, 1.807) is 49.2 Å². The van der Waals surface area contributed by atoms with E-state index in [9.17, 15) is 18.3 Å². The van der Waals surface area contributed by atoms with Crippen LogP contribution in [0.4, 0.5) is 13.2 Å². The number of alkyl halides is 3. The van der Waals surface area contributed by atoms with Crippen molar-refractivity contribution in [3.63, 3.8) is 0 Å². The topological polar surface area (TPSA) is 83.7 Å². The lowest BCUT2D eigenvalue weighted by Crippen LogP contribution is -2.44. The number of rotatable bonds is 8. The van der Waals surface area contributed by atoms with Gasteiger partial charge in [0.2, 0.25) is 0 Å². The maximum Gasteiger partial charge on any atom is 0.422 e. The molecule has 1 heterocycles. The lowest BCUT2D eigenvalue weighted by molar-refractivity contribution is -0.153. The summed E-state index contributed by atoms with van der Waals surface area (Å²) in [5, 5.41) is 20.8. The van der Waals surface area contributed by atoms with Gasteiger partial charge >= 0.3 is 6.18 Å². The van der Waals surface area contributed by atoms with Crippen molar-refractivity contribution in [2.75, 3.05) is 19.7 Å². The molecular weight excluding hydrogens is 387 g/mol. The van der Waals surface area contributed by atoms with Crippen molar-refractivity contribution in [3.8, 4) is 5.75 Å². The van der Waals surface area contributed by atoms with E-state index in [4.69, 9.17) is 4.74 Å². The maximum atomic E-state index is 12.4. The summed E-state index contributed by atoms with van der Waals surface area (Å²) in [6, 6.07) is 6.45. The van der Waals surface area contributed by atoms with Crippen LogP contribution < -0.4 is 15.4 Å². The van der Waals surface area contributed by atoms with Gasteiger partial charge in [-0.05, 0) is 19.9 Å². The minimum atomic E-state index is -4.41. The Morgan fingerprint density at radius 2 is 2.00 bits per heavy atom. The SMILES string of the molecule is CCNC(=NCc1ccccc1OCC(F)(F)F)NCC(C)(O)c1cnn(C)c1. The van der Waals surface area contributed by atoms with E-state index >= 15 is 0 Å². The van der Waals surface area contributed by atoms with Gasteiger partial charge in [-0.25, -0.2) is 4.99 Å². The molecule has 160 valence electrons. The average molecular weight is 413 g/mol. The van der Waals surface area contributed by atoms with Crippen molar-refractivity contribution in [1.82, 2.24) is 20.4 Å². The number of halogens is 3. The Bertz CT molecular complexity index is 818. The quantitative estimate of drug-likeness (QED) is 0.457. The highest BCUT2D eigenvalue weighted by Gasteiger charge is 2.29. The number of nitrogens with zero attached hydrogens (tertiary/aromatic N) is 3. The summed E-state index contributed by atoms with van der Waals surface area (Å²) in [4.78, 5) is 4.39. The molecule has 0 bridgehead atoms. The van der Waals surface area contributed by atoms with Crippen molar-refractivity contribution in [1.29, 1.82) is 0 Å². The lowest BCUT2D eigenvalue weighted by Gasteiger charge is -2.23. The molecule has 2 aromatic rings. The molecule has 10 heteroatoms. The number of hydrogen-bond donors (Lipinski definition) is 3. The van der Waals surface area contributed by atoms with Crippen LogP contribution in [0.15, 0.2) is 41.7 Å². The molecule has 1 atom stereocenters. The number of guanidine groups is 1. The fourth-order valence-corrected chi connectivity index (χ4v) is 2.50. The number of aliphatic imine (C=N–C) groups is 1. The number of aromatic nitrogens is 2. The predicted molar refractivity (Wildman–Crippen MR) is 104 cm³/mol. The monoisotopic (exact) mass is 413 g/mol. The Morgan fingerprint density at radius 1 is 1.28 bits per heavy atom. The molecule has 0 fully saturated rings. The minimum Gasteiger partial charge on any atom is -0.484 e. The van der Waals surface area contributed by atoms with Crippen LogP contribution in [0, 0.1) is 0 Å². The van der Waals surface area contributed by atoms with Crippen LogP contribution in [0.2, 0.25) is 0 Å². The van der Waals surface area contributed by atoms with Crippen LogP contribution >= 0.6 is 0 Å².